The zero-order valence-corrected chi connectivity index (χ0v) is 16.3. The van der Waals surface area contributed by atoms with Gasteiger partial charge in [0, 0.05) is 22.5 Å². The summed E-state index contributed by atoms with van der Waals surface area (Å²) in [5.74, 6) is -0.198. The van der Waals surface area contributed by atoms with Gasteiger partial charge in [-0.15, -0.1) is 0 Å². The molecule has 3 heteroatoms. The van der Waals surface area contributed by atoms with Crippen molar-refractivity contribution < 1.29 is 14.7 Å². The largest absolute Gasteiger partial charge is 0.382 e. The number of rotatable bonds is 4. The Bertz CT molecular complexity index is 912. The van der Waals surface area contributed by atoms with Gasteiger partial charge in [-0.05, 0) is 48.2 Å². The number of carbonyl (C=O) groups is 2. The van der Waals surface area contributed by atoms with Crippen molar-refractivity contribution in [2.24, 2.45) is 5.92 Å². The second-order valence-corrected chi connectivity index (χ2v) is 8.55. The lowest BCUT2D eigenvalue weighted by Gasteiger charge is -2.23. The molecular weight excluding hydrogens is 324 g/mol. The monoisotopic (exact) mass is 350 g/mol. The second kappa shape index (κ2) is 5.88. The third kappa shape index (κ3) is 2.80. The first kappa shape index (κ1) is 18.5. The van der Waals surface area contributed by atoms with Gasteiger partial charge in [0.15, 0.2) is 11.6 Å². The average molecular weight is 350 g/mol. The summed E-state index contributed by atoms with van der Waals surface area (Å²) in [6.45, 7) is 11.0. The Morgan fingerprint density at radius 2 is 1.38 bits per heavy atom. The smallest absolute Gasteiger partial charge is 0.193 e. The van der Waals surface area contributed by atoms with Crippen molar-refractivity contribution >= 4 is 11.6 Å². The Balaban J connectivity index is 2.13. The zero-order valence-electron chi connectivity index (χ0n) is 16.3. The van der Waals surface area contributed by atoms with Crippen LogP contribution in [0, 0.1) is 5.92 Å². The van der Waals surface area contributed by atoms with Gasteiger partial charge >= 0.3 is 0 Å². The molecule has 2 aromatic rings. The van der Waals surface area contributed by atoms with Gasteiger partial charge in [0.1, 0.15) is 5.60 Å². The third-order valence-electron chi connectivity index (χ3n) is 5.30. The molecule has 0 saturated carbocycles. The fraction of sp³-hybridized carbons (Fsp3) is 0.391. The van der Waals surface area contributed by atoms with Crippen LogP contribution in [0.1, 0.15) is 73.4 Å². The molecular formula is C23H26O3. The molecule has 1 aliphatic carbocycles. The van der Waals surface area contributed by atoms with Crippen LogP contribution in [0.15, 0.2) is 36.4 Å². The van der Waals surface area contributed by atoms with Gasteiger partial charge in [-0.2, -0.15) is 0 Å². The maximum Gasteiger partial charge on any atom is 0.193 e. The Hall–Kier alpha value is -2.26. The number of aliphatic hydroxyl groups is 1. The fourth-order valence-electron chi connectivity index (χ4n) is 3.72. The average Bonchev–Trinajstić information content (AvgIpc) is 2.79. The Morgan fingerprint density at radius 1 is 0.923 bits per heavy atom. The summed E-state index contributed by atoms with van der Waals surface area (Å²) in [6.07, 6.45) is 0. The number of benzene rings is 2. The molecule has 0 radical (unpaired) electrons. The van der Waals surface area contributed by atoms with E-state index in [0.29, 0.717) is 5.56 Å². The van der Waals surface area contributed by atoms with Gasteiger partial charge in [0.2, 0.25) is 0 Å². The molecule has 1 aliphatic rings. The SMILES string of the molecule is CC(C)C(=O)c1ccc2c(c1)C(C)(C)c1cc(C(=O)C(C)(C)O)ccc1-2. The van der Waals surface area contributed by atoms with Gasteiger partial charge < -0.3 is 5.11 Å². The summed E-state index contributed by atoms with van der Waals surface area (Å²) in [5, 5.41) is 10.1. The van der Waals surface area contributed by atoms with E-state index in [0.717, 1.165) is 27.8 Å². The molecule has 1 N–H and O–H groups in total. The van der Waals surface area contributed by atoms with E-state index < -0.39 is 5.60 Å². The Morgan fingerprint density at radius 3 is 1.85 bits per heavy atom. The molecule has 0 spiro atoms. The van der Waals surface area contributed by atoms with Gasteiger partial charge in [-0.3, -0.25) is 9.59 Å². The van der Waals surface area contributed by atoms with E-state index in [1.54, 1.807) is 6.07 Å². The van der Waals surface area contributed by atoms with E-state index >= 15 is 0 Å². The molecule has 0 saturated heterocycles. The predicted octanol–water partition coefficient (Wildman–Crippen LogP) is 4.79. The normalized spacial score (nSPS) is 14.9. The second-order valence-electron chi connectivity index (χ2n) is 8.55. The molecule has 0 unspecified atom stereocenters. The highest BCUT2D eigenvalue weighted by molar-refractivity contribution is 6.03. The van der Waals surface area contributed by atoms with E-state index in [-0.39, 0.29) is 22.9 Å². The Kier molecular flexibility index (Phi) is 4.19. The van der Waals surface area contributed by atoms with E-state index in [2.05, 4.69) is 13.8 Å². The molecule has 2 aromatic carbocycles. The molecule has 3 nitrogen and oxygen atoms in total. The van der Waals surface area contributed by atoms with Crippen molar-refractivity contribution in [1.82, 2.24) is 0 Å². The standard InChI is InChI=1S/C23H26O3/c1-13(2)20(24)14-7-9-16-17-10-8-15(21(25)23(5,6)26)12-19(17)22(3,4)18(16)11-14/h7-13,26H,1-6H3. The summed E-state index contributed by atoms with van der Waals surface area (Å²) in [6, 6.07) is 11.5. The molecule has 0 amide bonds. The van der Waals surface area contributed by atoms with Gasteiger partial charge in [-0.25, -0.2) is 0 Å². The van der Waals surface area contributed by atoms with Crippen molar-refractivity contribution in [2.45, 2.75) is 52.6 Å². The van der Waals surface area contributed by atoms with Gasteiger partial charge in [0.25, 0.3) is 0 Å². The summed E-state index contributed by atoms with van der Waals surface area (Å²) >= 11 is 0. The summed E-state index contributed by atoms with van der Waals surface area (Å²) in [4.78, 5) is 24.9. The first-order valence-electron chi connectivity index (χ1n) is 9.05. The topological polar surface area (TPSA) is 54.4 Å². The molecule has 136 valence electrons. The van der Waals surface area contributed by atoms with Crippen LogP contribution in [-0.4, -0.2) is 22.3 Å². The van der Waals surface area contributed by atoms with Crippen molar-refractivity contribution in [3.63, 3.8) is 0 Å². The highest BCUT2D eigenvalue weighted by atomic mass is 16.3. The quantitative estimate of drug-likeness (QED) is 0.807. The number of ketones is 2. The zero-order chi connectivity index (χ0) is 19.4. The van der Waals surface area contributed by atoms with E-state index in [4.69, 9.17) is 0 Å². The van der Waals surface area contributed by atoms with E-state index in [1.807, 2.05) is 44.2 Å². The Labute approximate surface area is 155 Å². The van der Waals surface area contributed by atoms with Gasteiger partial charge in [-0.1, -0.05) is 52.0 Å². The van der Waals surface area contributed by atoms with E-state index in [1.165, 1.54) is 13.8 Å². The first-order chi connectivity index (χ1) is 11.9. The summed E-state index contributed by atoms with van der Waals surface area (Å²) in [5.41, 5.74) is 3.87. The predicted molar refractivity (Wildman–Crippen MR) is 104 cm³/mol. The van der Waals surface area contributed by atoms with Crippen LogP contribution in [0.3, 0.4) is 0 Å². The van der Waals surface area contributed by atoms with Gasteiger partial charge in [0.05, 0.1) is 0 Å². The summed E-state index contributed by atoms with van der Waals surface area (Å²) in [7, 11) is 0. The van der Waals surface area contributed by atoms with E-state index in [9.17, 15) is 14.7 Å². The minimum atomic E-state index is -1.40. The molecule has 0 fully saturated rings. The highest BCUT2D eigenvalue weighted by Gasteiger charge is 2.37. The van der Waals surface area contributed by atoms with Crippen LogP contribution >= 0.6 is 0 Å². The van der Waals surface area contributed by atoms with Crippen molar-refractivity contribution in [1.29, 1.82) is 0 Å². The van der Waals surface area contributed by atoms with Crippen LogP contribution < -0.4 is 0 Å². The van der Waals surface area contributed by atoms with Crippen LogP contribution in [0.25, 0.3) is 11.1 Å². The molecule has 0 atom stereocenters. The third-order valence-corrected chi connectivity index (χ3v) is 5.30. The number of Topliss-reactive ketones (excluding diaryl/α,β-unsaturated/α-hetero) is 2. The number of hydrogen-bond acceptors (Lipinski definition) is 3. The fourth-order valence-corrected chi connectivity index (χ4v) is 3.72. The molecule has 0 heterocycles. The lowest BCUT2D eigenvalue weighted by atomic mass is 9.80. The van der Waals surface area contributed by atoms with Crippen molar-refractivity contribution in [3.05, 3.63) is 58.7 Å². The maximum atomic E-state index is 12.5. The first-order valence-corrected chi connectivity index (χ1v) is 9.05. The molecule has 0 bridgehead atoms. The molecule has 0 aliphatic heterocycles. The number of fused-ring (bicyclic) bond motifs is 3. The minimum Gasteiger partial charge on any atom is -0.382 e. The molecule has 0 aromatic heterocycles. The number of hydrogen-bond donors (Lipinski definition) is 1. The van der Waals surface area contributed by atoms with Crippen molar-refractivity contribution in [3.8, 4) is 11.1 Å². The number of carbonyl (C=O) groups excluding carboxylic acids is 2. The highest BCUT2D eigenvalue weighted by Crippen LogP contribution is 2.49. The van der Waals surface area contributed by atoms with Crippen molar-refractivity contribution in [2.75, 3.05) is 0 Å². The van der Waals surface area contributed by atoms with Crippen LogP contribution in [-0.2, 0) is 5.41 Å². The maximum absolute atomic E-state index is 12.5. The van der Waals surface area contributed by atoms with Crippen LogP contribution in [0.5, 0.6) is 0 Å². The molecule has 26 heavy (non-hydrogen) atoms. The van der Waals surface area contributed by atoms with Crippen LogP contribution in [0.4, 0.5) is 0 Å². The lowest BCUT2D eigenvalue weighted by molar-refractivity contribution is 0.0488. The van der Waals surface area contributed by atoms with Crippen LogP contribution in [0.2, 0.25) is 0 Å². The lowest BCUT2D eigenvalue weighted by Crippen LogP contribution is -2.31. The molecule has 3 rings (SSSR count). The minimum absolute atomic E-state index is 0.0454. The summed E-state index contributed by atoms with van der Waals surface area (Å²) < 4.78 is 0.